The first-order chi connectivity index (χ1) is 10.8. The van der Waals surface area contributed by atoms with Gasteiger partial charge < -0.3 is 20.6 Å². The van der Waals surface area contributed by atoms with Crippen molar-refractivity contribution in [1.82, 2.24) is 15.6 Å². The number of rotatable bonds is 5. The van der Waals surface area contributed by atoms with E-state index in [2.05, 4.69) is 20.5 Å². The minimum absolute atomic E-state index is 0.0390. The fraction of sp³-hybridized carbons (Fsp3) is 0.625. The number of carbonyl (C=O) groups is 1. The molecule has 0 radical (unpaired) electrons. The molecule has 0 bridgehead atoms. The fourth-order valence-electron chi connectivity index (χ4n) is 2.38. The maximum atomic E-state index is 12.0. The van der Waals surface area contributed by atoms with Crippen LogP contribution < -0.4 is 15.5 Å². The van der Waals surface area contributed by atoms with Crippen LogP contribution in [0.2, 0.25) is 5.02 Å². The van der Waals surface area contributed by atoms with Crippen LogP contribution in [0.1, 0.15) is 27.2 Å². The molecule has 2 rings (SSSR count). The number of aromatic nitrogens is 1. The summed E-state index contributed by atoms with van der Waals surface area (Å²) in [5.41, 5.74) is -0.916. The molecule has 6 nitrogen and oxygen atoms in total. The Bertz CT molecular complexity index is 551. The van der Waals surface area contributed by atoms with Crippen molar-refractivity contribution in [2.75, 3.05) is 24.5 Å². The summed E-state index contributed by atoms with van der Waals surface area (Å²) in [6.45, 7) is 7.25. The van der Waals surface area contributed by atoms with Crippen LogP contribution >= 0.6 is 11.6 Å². The van der Waals surface area contributed by atoms with Gasteiger partial charge in [0.2, 0.25) is 0 Å². The van der Waals surface area contributed by atoms with Crippen molar-refractivity contribution >= 4 is 23.4 Å². The lowest BCUT2D eigenvalue weighted by Crippen LogP contribution is -2.50. The van der Waals surface area contributed by atoms with E-state index < -0.39 is 5.60 Å². The Morgan fingerprint density at radius 2 is 2.35 bits per heavy atom. The largest absolute Gasteiger partial charge is 0.388 e. The number of anilines is 1. The monoisotopic (exact) mass is 340 g/mol. The van der Waals surface area contributed by atoms with Crippen molar-refractivity contribution in [1.29, 1.82) is 0 Å². The summed E-state index contributed by atoms with van der Waals surface area (Å²) in [6.07, 6.45) is 2.55. The lowest BCUT2D eigenvalue weighted by atomic mass is 9.93. The number of hydrogen-bond acceptors (Lipinski definition) is 4. The van der Waals surface area contributed by atoms with Gasteiger partial charge in [0, 0.05) is 31.9 Å². The summed E-state index contributed by atoms with van der Waals surface area (Å²) < 4.78 is 0. The second-order valence-electron chi connectivity index (χ2n) is 6.58. The van der Waals surface area contributed by atoms with Gasteiger partial charge >= 0.3 is 6.03 Å². The standard InChI is InChI=1S/C16H25ClN4O2/c1-11(2)16(3,23)10-19-15(22)20-12-6-8-21(9-12)14-13(17)5-4-7-18-14/h4-5,7,11-12,23H,6,8-10H2,1-3H3,(H2,19,20,22). The van der Waals surface area contributed by atoms with Gasteiger partial charge in [-0.25, -0.2) is 9.78 Å². The van der Waals surface area contributed by atoms with Crippen LogP contribution in [0.4, 0.5) is 10.6 Å². The molecule has 0 spiro atoms. The van der Waals surface area contributed by atoms with Gasteiger partial charge in [-0.1, -0.05) is 25.4 Å². The summed E-state index contributed by atoms with van der Waals surface area (Å²) in [5.74, 6) is 0.817. The summed E-state index contributed by atoms with van der Waals surface area (Å²) >= 11 is 6.16. The average Bonchev–Trinajstić information content (AvgIpc) is 2.94. The van der Waals surface area contributed by atoms with Crippen molar-refractivity contribution < 1.29 is 9.90 Å². The van der Waals surface area contributed by atoms with Crippen molar-refractivity contribution in [3.8, 4) is 0 Å². The minimum Gasteiger partial charge on any atom is -0.388 e. The predicted molar refractivity (Wildman–Crippen MR) is 91.9 cm³/mol. The molecule has 1 aliphatic rings. The van der Waals surface area contributed by atoms with Gasteiger partial charge in [-0.3, -0.25) is 0 Å². The molecule has 7 heteroatoms. The van der Waals surface area contributed by atoms with E-state index in [9.17, 15) is 9.90 Å². The van der Waals surface area contributed by atoms with Crippen LogP contribution in [-0.4, -0.2) is 47.4 Å². The average molecular weight is 341 g/mol. The molecule has 0 saturated carbocycles. The van der Waals surface area contributed by atoms with Crippen LogP contribution in [0.5, 0.6) is 0 Å². The highest BCUT2D eigenvalue weighted by Gasteiger charge is 2.28. The molecule has 2 unspecified atom stereocenters. The van der Waals surface area contributed by atoms with E-state index in [1.54, 1.807) is 19.2 Å². The third-order valence-corrected chi connectivity index (χ3v) is 4.71. The fourth-order valence-corrected chi connectivity index (χ4v) is 2.62. The predicted octanol–water partition coefficient (Wildman–Crippen LogP) is 2.02. The van der Waals surface area contributed by atoms with Crippen molar-refractivity contribution in [2.45, 2.75) is 38.8 Å². The summed E-state index contributed by atoms with van der Waals surface area (Å²) in [7, 11) is 0. The third-order valence-electron chi connectivity index (χ3n) is 4.41. The second-order valence-corrected chi connectivity index (χ2v) is 6.99. The SMILES string of the molecule is CC(C)C(C)(O)CNC(=O)NC1CCN(c2ncccc2Cl)C1. The molecule has 3 N–H and O–H groups in total. The number of hydrogen-bond donors (Lipinski definition) is 3. The number of urea groups is 1. The number of aliphatic hydroxyl groups is 1. The van der Waals surface area contributed by atoms with E-state index in [0.717, 1.165) is 18.8 Å². The first kappa shape index (κ1) is 17.8. The van der Waals surface area contributed by atoms with Crippen LogP contribution in [-0.2, 0) is 0 Å². The number of nitrogens with zero attached hydrogens (tertiary/aromatic N) is 2. The van der Waals surface area contributed by atoms with E-state index in [1.807, 2.05) is 19.9 Å². The number of amides is 2. The molecule has 23 heavy (non-hydrogen) atoms. The van der Waals surface area contributed by atoms with E-state index >= 15 is 0 Å². The Morgan fingerprint density at radius 1 is 1.61 bits per heavy atom. The van der Waals surface area contributed by atoms with Crippen LogP contribution in [0.15, 0.2) is 18.3 Å². The van der Waals surface area contributed by atoms with E-state index in [1.165, 1.54) is 0 Å². The van der Waals surface area contributed by atoms with Crippen molar-refractivity contribution in [3.05, 3.63) is 23.4 Å². The number of halogens is 1. The highest BCUT2D eigenvalue weighted by Crippen LogP contribution is 2.25. The van der Waals surface area contributed by atoms with Gasteiger partial charge in [-0.05, 0) is 31.4 Å². The number of pyridine rings is 1. The number of nitrogens with one attached hydrogen (secondary N) is 2. The molecule has 1 aromatic heterocycles. The van der Waals surface area contributed by atoms with Gasteiger partial charge in [-0.15, -0.1) is 0 Å². The van der Waals surface area contributed by atoms with Gasteiger partial charge in [-0.2, -0.15) is 0 Å². The summed E-state index contributed by atoms with van der Waals surface area (Å²) in [4.78, 5) is 18.3. The zero-order valence-electron chi connectivity index (χ0n) is 13.8. The van der Waals surface area contributed by atoms with Gasteiger partial charge in [0.05, 0.1) is 10.6 Å². The molecule has 1 saturated heterocycles. The molecular weight excluding hydrogens is 316 g/mol. The maximum absolute atomic E-state index is 12.0. The third kappa shape index (κ3) is 4.72. The summed E-state index contributed by atoms with van der Waals surface area (Å²) in [6, 6.07) is 3.39. The van der Waals surface area contributed by atoms with Crippen molar-refractivity contribution in [3.63, 3.8) is 0 Å². The molecule has 1 aliphatic heterocycles. The van der Waals surface area contributed by atoms with Crippen molar-refractivity contribution in [2.24, 2.45) is 5.92 Å². The Labute approximate surface area is 142 Å². The molecule has 128 valence electrons. The molecular formula is C16H25ClN4O2. The zero-order valence-corrected chi connectivity index (χ0v) is 14.6. The smallest absolute Gasteiger partial charge is 0.315 e. The highest BCUT2D eigenvalue weighted by atomic mass is 35.5. The number of carbonyl (C=O) groups excluding carboxylic acids is 1. The molecule has 2 atom stereocenters. The first-order valence-corrected chi connectivity index (χ1v) is 8.29. The molecule has 2 heterocycles. The van der Waals surface area contributed by atoms with Crippen LogP contribution in [0.25, 0.3) is 0 Å². The second kappa shape index (κ2) is 7.36. The van der Waals surface area contributed by atoms with Crippen LogP contribution in [0, 0.1) is 5.92 Å². The van der Waals surface area contributed by atoms with Gasteiger partial charge in [0.1, 0.15) is 5.82 Å². The zero-order chi connectivity index (χ0) is 17.0. The molecule has 1 aromatic rings. The molecule has 0 aliphatic carbocycles. The topological polar surface area (TPSA) is 77.5 Å². The van der Waals surface area contributed by atoms with Gasteiger partial charge in [0.25, 0.3) is 0 Å². The molecule has 0 aromatic carbocycles. The van der Waals surface area contributed by atoms with E-state index in [4.69, 9.17) is 11.6 Å². The molecule has 1 fully saturated rings. The Morgan fingerprint density at radius 3 is 3.00 bits per heavy atom. The first-order valence-electron chi connectivity index (χ1n) is 7.92. The Kier molecular flexibility index (Phi) is 5.70. The van der Waals surface area contributed by atoms with Gasteiger partial charge in [0.15, 0.2) is 0 Å². The van der Waals surface area contributed by atoms with E-state index in [0.29, 0.717) is 11.6 Å². The quantitative estimate of drug-likeness (QED) is 0.766. The van der Waals surface area contributed by atoms with Crippen LogP contribution in [0.3, 0.4) is 0 Å². The summed E-state index contributed by atoms with van der Waals surface area (Å²) in [5, 5.41) is 16.4. The van der Waals surface area contributed by atoms with E-state index in [-0.39, 0.29) is 24.5 Å². The Hall–Kier alpha value is -1.53. The lowest BCUT2D eigenvalue weighted by molar-refractivity contribution is 0.0165. The highest BCUT2D eigenvalue weighted by molar-refractivity contribution is 6.32. The molecule has 2 amide bonds. The maximum Gasteiger partial charge on any atom is 0.315 e. The minimum atomic E-state index is -0.916. The normalized spacial score (nSPS) is 20.4. The Balaban J connectivity index is 1.82. The lowest BCUT2D eigenvalue weighted by Gasteiger charge is -2.28.